The molecule has 1 aliphatic carbocycles. The molecule has 2 rings (SSSR count). The van der Waals surface area contributed by atoms with Crippen LogP contribution >= 0.6 is 0 Å². The van der Waals surface area contributed by atoms with Gasteiger partial charge in [0, 0.05) is 11.6 Å². The molecule has 76 valence electrons. The van der Waals surface area contributed by atoms with Gasteiger partial charge in [0.1, 0.15) is 11.6 Å². The monoisotopic (exact) mass is 195 g/mol. The number of hydrogen-bond donors (Lipinski definition) is 1. The van der Waals surface area contributed by atoms with Crippen molar-refractivity contribution in [3.05, 3.63) is 29.1 Å². The van der Waals surface area contributed by atoms with Gasteiger partial charge < -0.3 is 10.5 Å². The molecular weight excluding hydrogens is 181 g/mol. The summed E-state index contributed by atoms with van der Waals surface area (Å²) in [5, 5.41) is 0. The average molecular weight is 195 g/mol. The van der Waals surface area contributed by atoms with Crippen LogP contribution in [0.25, 0.3) is 0 Å². The summed E-state index contributed by atoms with van der Waals surface area (Å²) in [7, 11) is 0. The van der Waals surface area contributed by atoms with Crippen LogP contribution in [0.15, 0.2) is 12.1 Å². The van der Waals surface area contributed by atoms with Gasteiger partial charge in [-0.05, 0) is 37.5 Å². The number of benzene rings is 1. The van der Waals surface area contributed by atoms with E-state index in [9.17, 15) is 4.39 Å². The third kappa shape index (κ3) is 1.38. The third-order valence-electron chi connectivity index (χ3n) is 2.64. The lowest BCUT2D eigenvalue weighted by atomic mass is 10.1. The Morgan fingerprint density at radius 1 is 1.57 bits per heavy atom. The van der Waals surface area contributed by atoms with E-state index in [1.807, 2.05) is 6.92 Å². The van der Waals surface area contributed by atoms with Crippen LogP contribution in [0.1, 0.15) is 30.5 Å². The molecule has 0 fully saturated rings. The summed E-state index contributed by atoms with van der Waals surface area (Å²) in [6.07, 6.45) is 1.54. The van der Waals surface area contributed by atoms with Crippen molar-refractivity contribution in [2.75, 3.05) is 6.61 Å². The van der Waals surface area contributed by atoms with Gasteiger partial charge in [0.2, 0.25) is 0 Å². The number of nitrogens with two attached hydrogens (primary N) is 1. The number of hydrogen-bond acceptors (Lipinski definition) is 2. The van der Waals surface area contributed by atoms with Crippen molar-refractivity contribution in [1.82, 2.24) is 0 Å². The SMILES string of the molecule is CCOc1ccc(F)c2c1[C@@H](N)CC2. The minimum Gasteiger partial charge on any atom is -0.494 e. The molecule has 1 aromatic rings. The second-order valence-corrected chi connectivity index (χ2v) is 3.52. The molecule has 0 spiro atoms. The standard InChI is InChI=1S/C11H14FNO/c1-2-14-10-6-4-8(12)7-3-5-9(13)11(7)10/h4,6,9H,2-3,5,13H2,1H3/t9-/m0/s1. The van der Waals surface area contributed by atoms with Gasteiger partial charge in [-0.15, -0.1) is 0 Å². The first-order valence-electron chi connectivity index (χ1n) is 4.93. The maximum absolute atomic E-state index is 13.4. The largest absolute Gasteiger partial charge is 0.494 e. The Balaban J connectivity index is 2.49. The van der Waals surface area contributed by atoms with Crippen molar-refractivity contribution in [3.63, 3.8) is 0 Å². The van der Waals surface area contributed by atoms with Gasteiger partial charge in [-0.2, -0.15) is 0 Å². The fourth-order valence-corrected chi connectivity index (χ4v) is 2.00. The Morgan fingerprint density at radius 2 is 2.36 bits per heavy atom. The first-order chi connectivity index (χ1) is 6.74. The van der Waals surface area contributed by atoms with E-state index in [0.29, 0.717) is 6.61 Å². The van der Waals surface area contributed by atoms with Crippen molar-refractivity contribution >= 4 is 0 Å². The zero-order valence-corrected chi connectivity index (χ0v) is 8.22. The van der Waals surface area contributed by atoms with Crippen molar-refractivity contribution < 1.29 is 9.13 Å². The molecule has 2 nitrogen and oxygen atoms in total. The van der Waals surface area contributed by atoms with E-state index in [0.717, 1.165) is 29.7 Å². The summed E-state index contributed by atoms with van der Waals surface area (Å²) in [5.41, 5.74) is 7.51. The minimum absolute atomic E-state index is 0.0674. The Labute approximate surface area is 82.9 Å². The fraction of sp³-hybridized carbons (Fsp3) is 0.455. The van der Waals surface area contributed by atoms with Gasteiger partial charge >= 0.3 is 0 Å². The first kappa shape index (κ1) is 9.46. The number of ether oxygens (including phenoxy) is 1. The van der Waals surface area contributed by atoms with E-state index in [1.54, 1.807) is 6.07 Å². The fourth-order valence-electron chi connectivity index (χ4n) is 2.00. The van der Waals surface area contributed by atoms with Gasteiger partial charge in [-0.25, -0.2) is 4.39 Å². The first-order valence-corrected chi connectivity index (χ1v) is 4.93. The molecule has 1 aliphatic rings. The van der Waals surface area contributed by atoms with Crippen LogP contribution in [0.2, 0.25) is 0 Å². The number of halogens is 1. The van der Waals surface area contributed by atoms with Gasteiger partial charge in [0.05, 0.1) is 6.61 Å². The van der Waals surface area contributed by atoms with Crippen LogP contribution in [0.5, 0.6) is 5.75 Å². The van der Waals surface area contributed by atoms with Crippen LogP contribution in [0.3, 0.4) is 0 Å². The van der Waals surface area contributed by atoms with E-state index in [-0.39, 0.29) is 11.9 Å². The second-order valence-electron chi connectivity index (χ2n) is 3.52. The van der Waals surface area contributed by atoms with Crippen LogP contribution in [0, 0.1) is 5.82 Å². The lowest BCUT2D eigenvalue weighted by Crippen LogP contribution is -2.08. The molecule has 1 aromatic carbocycles. The van der Waals surface area contributed by atoms with E-state index in [2.05, 4.69) is 0 Å². The summed E-state index contributed by atoms with van der Waals surface area (Å²) in [5.74, 6) is 0.588. The Hall–Kier alpha value is -1.09. The topological polar surface area (TPSA) is 35.2 Å². The zero-order valence-electron chi connectivity index (χ0n) is 8.22. The molecule has 14 heavy (non-hydrogen) atoms. The highest BCUT2D eigenvalue weighted by atomic mass is 19.1. The van der Waals surface area contributed by atoms with E-state index in [1.165, 1.54) is 6.07 Å². The highest BCUT2D eigenvalue weighted by Crippen LogP contribution is 2.37. The van der Waals surface area contributed by atoms with Crippen LogP contribution < -0.4 is 10.5 Å². The molecule has 0 amide bonds. The normalized spacial score (nSPS) is 19.5. The molecule has 0 aromatic heterocycles. The number of fused-ring (bicyclic) bond motifs is 1. The summed E-state index contributed by atoms with van der Waals surface area (Å²) in [6, 6.07) is 3.06. The quantitative estimate of drug-likeness (QED) is 0.785. The Bertz CT molecular complexity index is 351. The van der Waals surface area contributed by atoms with Crippen molar-refractivity contribution in [2.24, 2.45) is 5.73 Å². The van der Waals surface area contributed by atoms with Crippen LogP contribution in [0.4, 0.5) is 4.39 Å². The third-order valence-corrected chi connectivity index (χ3v) is 2.64. The minimum atomic E-state index is -0.156. The summed E-state index contributed by atoms with van der Waals surface area (Å²) in [4.78, 5) is 0. The molecule has 1 atom stereocenters. The molecule has 0 radical (unpaired) electrons. The number of rotatable bonds is 2. The molecule has 0 aliphatic heterocycles. The maximum atomic E-state index is 13.4. The van der Waals surface area contributed by atoms with Gasteiger partial charge in [-0.3, -0.25) is 0 Å². The molecular formula is C11H14FNO. The average Bonchev–Trinajstić information content (AvgIpc) is 2.55. The Morgan fingerprint density at radius 3 is 3.07 bits per heavy atom. The summed E-state index contributed by atoms with van der Waals surface area (Å²) >= 11 is 0. The van der Waals surface area contributed by atoms with E-state index >= 15 is 0 Å². The van der Waals surface area contributed by atoms with Gasteiger partial charge in [0.25, 0.3) is 0 Å². The molecule has 2 N–H and O–H groups in total. The molecule has 0 bridgehead atoms. The highest BCUT2D eigenvalue weighted by Gasteiger charge is 2.25. The van der Waals surface area contributed by atoms with Crippen molar-refractivity contribution in [2.45, 2.75) is 25.8 Å². The lowest BCUT2D eigenvalue weighted by molar-refractivity contribution is 0.334. The lowest BCUT2D eigenvalue weighted by Gasteiger charge is -2.12. The molecule has 0 saturated heterocycles. The maximum Gasteiger partial charge on any atom is 0.127 e. The smallest absolute Gasteiger partial charge is 0.127 e. The van der Waals surface area contributed by atoms with Crippen molar-refractivity contribution in [1.29, 1.82) is 0 Å². The van der Waals surface area contributed by atoms with E-state index in [4.69, 9.17) is 10.5 Å². The predicted octanol–water partition coefficient (Wildman–Crippen LogP) is 2.17. The van der Waals surface area contributed by atoms with Crippen LogP contribution in [-0.2, 0) is 6.42 Å². The Kier molecular flexibility index (Phi) is 2.42. The summed E-state index contributed by atoms with van der Waals surface area (Å²) < 4.78 is 18.8. The van der Waals surface area contributed by atoms with E-state index < -0.39 is 0 Å². The van der Waals surface area contributed by atoms with Crippen molar-refractivity contribution in [3.8, 4) is 5.75 Å². The summed E-state index contributed by atoms with van der Waals surface area (Å²) in [6.45, 7) is 2.50. The molecule has 0 unspecified atom stereocenters. The van der Waals surface area contributed by atoms with Gasteiger partial charge in [0.15, 0.2) is 0 Å². The second kappa shape index (κ2) is 3.58. The highest BCUT2D eigenvalue weighted by molar-refractivity contribution is 5.46. The zero-order chi connectivity index (χ0) is 10.1. The predicted molar refractivity (Wildman–Crippen MR) is 52.8 cm³/mol. The molecule has 0 saturated carbocycles. The van der Waals surface area contributed by atoms with Crippen LogP contribution in [-0.4, -0.2) is 6.61 Å². The molecule has 3 heteroatoms. The molecule has 0 heterocycles. The van der Waals surface area contributed by atoms with Gasteiger partial charge in [-0.1, -0.05) is 0 Å².